The maximum absolute atomic E-state index is 11.7. The summed E-state index contributed by atoms with van der Waals surface area (Å²) < 4.78 is 23.5. The van der Waals surface area contributed by atoms with Gasteiger partial charge in [-0.05, 0) is 52.6 Å². The Hall–Kier alpha value is -2.11. The molecule has 0 spiro atoms. The van der Waals surface area contributed by atoms with Gasteiger partial charge < -0.3 is 5.32 Å². The molecule has 4 nitrogen and oxygen atoms in total. The van der Waals surface area contributed by atoms with E-state index in [0.29, 0.717) is 5.92 Å². The Kier molecular flexibility index (Phi) is 4.20. The van der Waals surface area contributed by atoms with Gasteiger partial charge in [-0.25, -0.2) is 13.6 Å². The highest BCUT2D eigenvalue weighted by molar-refractivity contribution is 7.89. The van der Waals surface area contributed by atoms with E-state index in [4.69, 9.17) is 5.14 Å². The van der Waals surface area contributed by atoms with Crippen molar-refractivity contribution in [3.8, 4) is 0 Å². The van der Waals surface area contributed by atoms with Crippen LogP contribution in [0.5, 0.6) is 0 Å². The summed E-state index contributed by atoms with van der Waals surface area (Å²) in [5, 5.41) is 8.97. The molecule has 0 fully saturated rings. The molecule has 1 aliphatic carbocycles. The predicted molar refractivity (Wildman–Crippen MR) is 109 cm³/mol. The fourth-order valence-electron chi connectivity index (χ4n) is 4.27. The van der Waals surface area contributed by atoms with Crippen molar-refractivity contribution in [2.75, 3.05) is 5.32 Å². The first-order chi connectivity index (χ1) is 12.6. The Morgan fingerprint density at radius 2 is 1.78 bits per heavy atom. The lowest BCUT2D eigenvalue weighted by molar-refractivity contribution is 0.425. The number of sulfonamides is 1. The van der Waals surface area contributed by atoms with Crippen molar-refractivity contribution in [1.29, 1.82) is 0 Å². The second-order valence-corrected chi connectivity index (χ2v) is 10.2. The Bertz CT molecular complexity index is 1000. The van der Waals surface area contributed by atoms with Crippen LogP contribution in [0, 0.1) is 5.92 Å². The van der Waals surface area contributed by atoms with E-state index < -0.39 is 10.0 Å². The number of hydrogen-bond acceptors (Lipinski definition) is 3. The molecule has 4 rings (SSSR count). The van der Waals surface area contributed by atoms with Gasteiger partial charge in [0.05, 0.1) is 10.9 Å². The molecule has 0 saturated carbocycles. The van der Waals surface area contributed by atoms with Crippen LogP contribution in [-0.4, -0.2) is 8.42 Å². The van der Waals surface area contributed by atoms with E-state index in [-0.39, 0.29) is 22.3 Å². The van der Waals surface area contributed by atoms with Gasteiger partial charge in [0.1, 0.15) is 0 Å². The molecule has 142 valence electrons. The Morgan fingerprint density at radius 1 is 1.07 bits per heavy atom. The van der Waals surface area contributed by atoms with E-state index in [1.165, 1.54) is 11.1 Å². The number of allylic oxidation sites excluding steroid dienone is 2. The first-order valence-corrected chi connectivity index (χ1v) is 10.9. The zero-order valence-electron chi connectivity index (χ0n) is 15.9. The Labute approximate surface area is 161 Å². The largest absolute Gasteiger partial charge is 0.378 e. The Balaban J connectivity index is 1.72. The van der Waals surface area contributed by atoms with Crippen molar-refractivity contribution in [3.05, 3.63) is 71.3 Å². The highest BCUT2D eigenvalue weighted by Gasteiger charge is 2.38. The number of nitrogens with two attached hydrogens (primary N) is 1. The first-order valence-electron chi connectivity index (χ1n) is 9.35. The summed E-state index contributed by atoms with van der Waals surface area (Å²) in [7, 11) is -3.70. The molecule has 1 aliphatic heterocycles. The van der Waals surface area contributed by atoms with Crippen molar-refractivity contribution in [3.63, 3.8) is 0 Å². The van der Waals surface area contributed by atoms with E-state index in [2.05, 4.69) is 62.5 Å². The summed E-state index contributed by atoms with van der Waals surface area (Å²) in [5.74, 6) is 0.573. The number of fused-ring (bicyclic) bond motifs is 3. The summed E-state index contributed by atoms with van der Waals surface area (Å²) in [5.41, 5.74) is 4.72. The molecule has 0 aromatic heterocycles. The van der Waals surface area contributed by atoms with Gasteiger partial charge in [-0.3, -0.25) is 0 Å². The summed E-state index contributed by atoms with van der Waals surface area (Å²) in [6.45, 7) is 6.66. The van der Waals surface area contributed by atoms with Crippen LogP contribution in [0.25, 0.3) is 0 Å². The minimum Gasteiger partial charge on any atom is -0.378 e. The topological polar surface area (TPSA) is 72.2 Å². The fourth-order valence-corrected chi connectivity index (χ4v) is 4.82. The fraction of sp³-hybridized carbons (Fsp3) is 0.364. The van der Waals surface area contributed by atoms with Crippen LogP contribution in [0.15, 0.2) is 59.5 Å². The monoisotopic (exact) mass is 382 g/mol. The molecule has 3 N–H and O–H groups in total. The molecule has 2 aromatic carbocycles. The molecule has 2 aliphatic rings. The third-order valence-electron chi connectivity index (χ3n) is 5.80. The lowest BCUT2D eigenvalue weighted by atomic mass is 9.76. The third kappa shape index (κ3) is 3.30. The molecular weight excluding hydrogens is 356 g/mol. The van der Waals surface area contributed by atoms with Crippen LogP contribution in [-0.2, 0) is 15.4 Å². The van der Waals surface area contributed by atoms with Gasteiger partial charge >= 0.3 is 0 Å². The van der Waals surface area contributed by atoms with E-state index in [1.54, 1.807) is 12.1 Å². The zero-order valence-corrected chi connectivity index (χ0v) is 16.8. The number of anilines is 1. The summed E-state index contributed by atoms with van der Waals surface area (Å²) >= 11 is 0. The van der Waals surface area contributed by atoms with Crippen LogP contribution >= 0.6 is 0 Å². The summed E-state index contributed by atoms with van der Waals surface area (Å²) in [6, 6.07) is 14.2. The minimum absolute atomic E-state index is 0.132. The van der Waals surface area contributed by atoms with Gasteiger partial charge in [0, 0.05) is 11.6 Å². The SMILES string of the molecule is CC(C)(C)c1ccc([C@H]2Nc3ccc(S(N)(=O)=O)cc3[C@H]3C=CC[C@H]32)cc1. The second-order valence-electron chi connectivity index (χ2n) is 8.64. The van der Waals surface area contributed by atoms with Gasteiger partial charge in [0.2, 0.25) is 10.0 Å². The normalized spacial score (nSPS) is 24.2. The van der Waals surface area contributed by atoms with Gasteiger partial charge in [-0.2, -0.15) is 0 Å². The third-order valence-corrected chi connectivity index (χ3v) is 6.71. The van der Waals surface area contributed by atoms with Crippen molar-refractivity contribution in [2.45, 2.75) is 49.5 Å². The van der Waals surface area contributed by atoms with E-state index >= 15 is 0 Å². The lowest BCUT2D eigenvalue weighted by Gasteiger charge is -2.38. The summed E-state index contributed by atoms with van der Waals surface area (Å²) in [4.78, 5) is 0.176. The van der Waals surface area contributed by atoms with Gasteiger partial charge in [-0.1, -0.05) is 57.2 Å². The average Bonchev–Trinajstić information content (AvgIpc) is 3.09. The molecule has 0 radical (unpaired) electrons. The van der Waals surface area contributed by atoms with Crippen molar-refractivity contribution < 1.29 is 8.42 Å². The molecule has 1 heterocycles. The molecule has 0 bridgehead atoms. The molecule has 0 amide bonds. The number of benzene rings is 2. The van der Waals surface area contributed by atoms with Crippen LogP contribution < -0.4 is 10.5 Å². The molecule has 3 atom stereocenters. The minimum atomic E-state index is -3.70. The predicted octanol–water partition coefficient (Wildman–Crippen LogP) is 4.46. The van der Waals surface area contributed by atoms with Gasteiger partial charge in [0.25, 0.3) is 0 Å². The number of hydrogen-bond donors (Lipinski definition) is 2. The maximum Gasteiger partial charge on any atom is 0.238 e. The molecular formula is C22H26N2O2S. The van der Waals surface area contributed by atoms with Gasteiger partial charge in [-0.15, -0.1) is 0 Å². The number of rotatable bonds is 2. The Morgan fingerprint density at radius 3 is 2.41 bits per heavy atom. The standard InChI is InChI=1S/C22H26N2O2S/c1-22(2,3)15-9-7-14(8-10-15)21-18-6-4-5-17(18)19-13-16(27(23,25)26)11-12-20(19)24-21/h4-5,7-13,17-18,21,24H,6H2,1-3H3,(H2,23,25,26)/t17-,18+,21+/m0/s1. The van der Waals surface area contributed by atoms with E-state index in [9.17, 15) is 8.42 Å². The quantitative estimate of drug-likeness (QED) is 0.753. The van der Waals surface area contributed by atoms with Crippen LogP contribution in [0.4, 0.5) is 5.69 Å². The molecule has 0 unspecified atom stereocenters. The number of primary sulfonamides is 1. The van der Waals surface area contributed by atoms with Crippen LogP contribution in [0.3, 0.4) is 0 Å². The average molecular weight is 383 g/mol. The molecule has 5 heteroatoms. The number of nitrogens with one attached hydrogen (secondary N) is 1. The maximum atomic E-state index is 11.7. The van der Waals surface area contributed by atoms with Crippen molar-refractivity contribution in [1.82, 2.24) is 0 Å². The zero-order chi connectivity index (χ0) is 19.4. The summed E-state index contributed by atoms with van der Waals surface area (Å²) in [6.07, 6.45) is 5.38. The van der Waals surface area contributed by atoms with Crippen LogP contribution in [0.2, 0.25) is 0 Å². The van der Waals surface area contributed by atoms with E-state index in [0.717, 1.165) is 17.7 Å². The van der Waals surface area contributed by atoms with Gasteiger partial charge in [0.15, 0.2) is 0 Å². The molecule has 0 saturated heterocycles. The van der Waals surface area contributed by atoms with Crippen LogP contribution in [0.1, 0.15) is 55.8 Å². The first kappa shape index (κ1) is 18.3. The smallest absolute Gasteiger partial charge is 0.238 e. The highest BCUT2D eigenvalue weighted by atomic mass is 32.2. The second kappa shape index (κ2) is 6.21. The van der Waals surface area contributed by atoms with E-state index in [1.807, 2.05) is 6.07 Å². The highest BCUT2D eigenvalue weighted by Crippen LogP contribution is 2.50. The lowest BCUT2D eigenvalue weighted by Crippen LogP contribution is -2.29. The van der Waals surface area contributed by atoms with Crippen molar-refractivity contribution in [2.24, 2.45) is 11.1 Å². The van der Waals surface area contributed by atoms with Crippen molar-refractivity contribution >= 4 is 15.7 Å². The molecule has 27 heavy (non-hydrogen) atoms. The molecule has 2 aromatic rings.